The number of fused-ring (bicyclic) bond motifs is 1. The van der Waals surface area contributed by atoms with E-state index in [1.165, 1.54) is 35.9 Å². The summed E-state index contributed by atoms with van der Waals surface area (Å²) in [4.78, 5) is 15.1. The van der Waals surface area contributed by atoms with E-state index in [1.54, 1.807) is 12.1 Å². The first-order valence-corrected chi connectivity index (χ1v) is 10.1. The Bertz CT molecular complexity index is 1170. The molecule has 1 saturated heterocycles. The summed E-state index contributed by atoms with van der Waals surface area (Å²) in [6.07, 6.45) is 1.65. The van der Waals surface area contributed by atoms with Crippen LogP contribution in [0.15, 0.2) is 65.6 Å². The van der Waals surface area contributed by atoms with Crippen LogP contribution in [0.1, 0.15) is 5.56 Å². The van der Waals surface area contributed by atoms with Gasteiger partial charge in [-0.1, -0.05) is 66.4 Å². The van der Waals surface area contributed by atoms with Crippen molar-refractivity contribution in [3.63, 3.8) is 0 Å². The number of rotatable bonds is 5. The molecule has 0 N–H and O–H groups in total. The Kier molecular flexibility index (Phi) is 5.69. The number of amides is 1. The van der Waals surface area contributed by atoms with Crippen molar-refractivity contribution in [3.05, 3.63) is 71.1 Å². The molecule has 3 aromatic rings. The molecule has 152 valence electrons. The summed E-state index contributed by atoms with van der Waals surface area (Å²) in [5.74, 6) is -0.172. The van der Waals surface area contributed by atoms with E-state index < -0.39 is 6.61 Å². The third kappa shape index (κ3) is 3.88. The second-order valence-electron chi connectivity index (χ2n) is 6.30. The molecule has 0 radical (unpaired) electrons. The van der Waals surface area contributed by atoms with Crippen LogP contribution in [0.25, 0.3) is 16.8 Å². The molecule has 0 bridgehead atoms. The number of thioether (sulfide) groups is 1. The number of nitrogens with zero attached hydrogens (tertiary/aromatic N) is 1. The number of ether oxygens (including phenoxy) is 2. The zero-order chi connectivity index (χ0) is 21.3. The first-order valence-electron chi connectivity index (χ1n) is 8.86. The maximum absolute atomic E-state index is 13.1. The number of hydrogen-bond donors (Lipinski definition) is 0. The van der Waals surface area contributed by atoms with Crippen molar-refractivity contribution >= 4 is 56.7 Å². The monoisotopic (exact) mass is 443 g/mol. The van der Waals surface area contributed by atoms with Gasteiger partial charge in [-0.3, -0.25) is 9.69 Å². The fourth-order valence-electron chi connectivity index (χ4n) is 3.20. The fourth-order valence-corrected chi connectivity index (χ4v) is 4.48. The highest BCUT2D eigenvalue weighted by Crippen LogP contribution is 2.39. The highest BCUT2D eigenvalue weighted by atomic mass is 32.2. The van der Waals surface area contributed by atoms with Crippen LogP contribution in [0, 0.1) is 0 Å². The molecule has 8 heteroatoms. The van der Waals surface area contributed by atoms with Crippen molar-refractivity contribution in [2.24, 2.45) is 0 Å². The van der Waals surface area contributed by atoms with E-state index in [0.29, 0.717) is 14.8 Å². The van der Waals surface area contributed by atoms with E-state index in [2.05, 4.69) is 4.74 Å². The summed E-state index contributed by atoms with van der Waals surface area (Å²) in [6, 6.07) is 18.0. The molecule has 0 aliphatic carbocycles. The van der Waals surface area contributed by atoms with Gasteiger partial charge in [0.2, 0.25) is 0 Å². The molecule has 3 aromatic carbocycles. The molecule has 1 amide bonds. The van der Waals surface area contributed by atoms with Crippen molar-refractivity contribution in [2.75, 3.05) is 12.0 Å². The largest absolute Gasteiger partial charge is 0.493 e. The number of halogens is 2. The number of benzene rings is 3. The highest BCUT2D eigenvalue weighted by Gasteiger charge is 2.34. The lowest BCUT2D eigenvalue weighted by molar-refractivity contribution is -0.113. The van der Waals surface area contributed by atoms with Crippen molar-refractivity contribution in [3.8, 4) is 11.5 Å². The Morgan fingerprint density at radius 1 is 1.07 bits per heavy atom. The Hall–Kier alpha value is -2.97. The van der Waals surface area contributed by atoms with Crippen molar-refractivity contribution in [1.29, 1.82) is 0 Å². The van der Waals surface area contributed by atoms with Crippen LogP contribution in [0.2, 0.25) is 0 Å². The first-order chi connectivity index (χ1) is 14.5. The summed E-state index contributed by atoms with van der Waals surface area (Å²) in [5.41, 5.74) is 1.32. The Morgan fingerprint density at radius 2 is 1.83 bits per heavy atom. The van der Waals surface area contributed by atoms with Gasteiger partial charge in [-0.2, -0.15) is 8.78 Å². The topological polar surface area (TPSA) is 38.8 Å². The van der Waals surface area contributed by atoms with Gasteiger partial charge < -0.3 is 9.47 Å². The third-order valence-electron chi connectivity index (χ3n) is 4.50. The lowest BCUT2D eigenvalue weighted by Crippen LogP contribution is -2.27. The molecule has 1 aliphatic heterocycles. The molecule has 30 heavy (non-hydrogen) atoms. The van der Waals surface area contributed by atoms with E-state index in [-0.39, 0.29) is 17.4 Å². The van der Waals surface area contributed by atoms with Gasteiger partial charge >= 0.3 is 6.61 Å². The summed E-state index contributed by atoms with van der Waals surface area (Å²) in [7, 11) is 1.36. The zero-order valence-electron chi connectivity index (χ0n) is 15.7. The van der Waals surface area contributed by atoms with Gasteiger partial charge in [0.15, 0.2) is 15.8 Å². The maximum Gasteiger partial charge on any atom is 0.387 e. The zero-order valence-corrected chi connectivity index (χ0v) is 17.3. The van der Waals surface area contributed by atoms with Gasteiger partial charge in [0, 0.05) is 5.39 Å². The minimum absolute atomic E-state index is 0.0760. The number of carbonyl (C=O) groups excluding carboxylic acids is 1. The average Bonchev–Trinajstić information content (AvgIpc) is 3.01. The van der Waals surface area contributed by atoms with Gasteiger partial charge in [-0.05, 0) is 35.2 Å². The molecule has 1 fully saturated rings. The number of hydrogen-bond acceptors (Lipinski definition) is 5. The molecule has 1 heterocycles. The number of thiocarbonyl (C=S) groups is 1. The fraction of sp³-hybridized carbons (Fsp3) is 0.0909. The second kappa shape index (κ2) is 8.41. The van der Waals surface area contributed by atoms with Crippen molar-refractivity contribution in [2.45, 2.75) is 6.61 Å². The first kappa shape index (κ1) is 20.3. The lowest BCUT2D eigenvalue weighted by atomic mass is 10.1. The van der Waals surface area contributed by atoms with E-state index in [9.17, 15) is 13.6 Å². The SMILES string of the molecule is COc1cc(/C=C2/SC(=S)N(c3cccc4ccccc34)C2=O)ccc1OC(F)F. The van der Waals surface area contributed by atoms with Crippen LogP contribution >= 0.6 is 24.0 Å². The molecule has 0 unspecified atom stereocenters. The second-order valence-corrected chi connectivity index (χ2v) is 7.98. The molecule has 1 aliphatic rings. The molecular weight excluding hydrogens is 428 g/mol. The predicted molar refractivity (Wildman–Crippen MR) is 119 cm³/mol. The number of alkyl halides is 2. The average molecular weight is 443 g/mol. The molecule has 0 aromatic heterocycles. The number of methoxy groups -OCH3 is 1. The van der Waals surface area contributed by atoms with Crippen LogP contribution < -0.4 is 14.4 Å². The molecule has 4 rings (SSSR count). The smallest absolute Gasteiger partial charge is 0.387 e. The highest BCUT2D eigenvalue weighted by molar-refractivity contribution is 8.27. The van der Waals surface area contributed by atoms with Crippen molar-refractivity contribution < 1.29 is 23.0 Å². The molecule has 4 nitrogen and oxygen atoms in total. The van der Waals surface area contributed by atoms with E-state index in [1.807, 2.05) is 42.5 Å². The van der Waals surface area contributed by atoms with Gasteiger partial charge in [-0.15, -0.1) is 0 Å². The molecular formula is C22H15F2NO3S2. The minimum atomic E-state index is -2.96. The Balaban J connectivity index is 1.68. The van der Waals surface area contributed by atoms with Gasteiger partial charge in [0.1, 0.15) is 0 Å². The van der Waals surface area contributed by atoms with E-state index in [4.69, 9.17) is 17.0 Å². The molecule has 0 atom stereocenters. The van der Waals surface area contributed by atoms with Gasteiger partial charge in [-0.25, -0.2) is 0 Å². The summed E-state index contributed by atoms with van der Waals surface area (Å²) >= 11 is 6.66. The van der Waals surface area contributed by atoms with Crippen LogP contribution in [0.4, 0.5) is 14.5 Å². The Labute approximate surface area is 181 Å². The standard InChI is InChI=1S/C22H15F2NO3S2/c1-27-18-11-13(9-10-17(18)28-21(23)24)12-19-20(26)25(22(29)30-19)16-8-4-6-14-5-2-3-7-15(14)16/h2-12,21H,1H3/b19-12+. The van der Waals surface area contributed by atoms with Gasteiger partial charge in [0.05, 0.1) is 17.7 Å². The Morgan fingerprint density at radius 3 is 2.60 bits per heavy atom. The summed E-state index contributed by atoms with van der Waals surface area (Å²) < 4.78 is 35.0. The number of carbonyl (C=O) groups is 1. The molecule has 0 saturated carbocycles. The predicted octanol–water partition coefficient (Wildman–Crippen LogP) is 5.86. The van der Waals surface area contributed by atoms with Crippen LogP contribution in [0.5, 0.6) is 11.5 Å². The minimum Gasteiger partial charge on any atom is -0.493 e. The maximum atomic E-state index is 13.1. The van der Waals surface area contributed by atoms with Crippen LogP contribution in [0.3, 0.4) is 0 Å². The normalized spacial score (nSPS) is 15.5. The van der Waals surface area contributed by atoms with E-state index >= 15 is 0 Å². The summed E-state index contributed by atoms with van der Waals surface area (Å²) in [5, 5.41) is 1.93. The summed E-state index contributed by atoms with van der Waals surface area (Å²) in [6.45, 7) is -2.96. The molecule has 0 spiro atoms. The lowest BCUT2D eigenvalue weighted by Gasteiger charge is -2.17. The van der Waals surface area contributed by atoms with Crippen molar-refractivity contribution in [1.82, 2.24) is 0 Å². The quantitative estimate of drug-likeness (QED) is 0.365. The van der Waals surface area contributed by atoms with Gasteiger partial charge in [0.25, 0.3) is 5.91 Å². The number of anilines is 1. The van der Waals surface area contributed by atoms with Crippen LogP contribution in [-0.2, 0) is 4.79 Å². The van der Waals surface area contributed by atoms with E-state index in [0.717, 1.165) is 16.5 Å². The van der Waals surface area contributed by atoms with Crippen LogP contribution in [-0.4, -0.2) is 23.9 Å². The third-order valence-corrected chi connectivity index (χ3v) is 5.80.